The number of carbonyl (C=O) groups excluding carboxylic acids is 1. The predicted octanol–water partition coefficient (Wildman–Crippen LogP) is 1.58. The summed E-state index contributed by atoms with van der Waals surface area (Å²) in [5.74, 6) is 0.951. The first-order valence-corrected chi connectivity index (χ1v) is 9.65. The van der Waals surface area contributed by atoms with Crippen molar-refractivity contribution in [3.63, 3.8) is 0 Å². The molecule has 1 amide bonds. The predicted molar refractivity (Wildman–Crippen MR) is 103 cm³/mol. The van der Waals surface area contributed by atoms with Gasteiger partial charge in [-0.2, -0.15) is 0 Å². The number of hydrogen-bond acceptors (Lipinski definition) is 5. The molecule has 2 saturated heterocycles. The molecule has 0 aliphatic carbocycles. The Hall–Kier alpha value is -1.63. The molecular formula is C20H31N3O3. The van der Waals surface area contributed by atoms with Crippen molar-refractivity contribution >= 4 is 11.6 Å². The van der Waals surface area contributed by atoms with E-state index in [1.165, 1.54) is 0 Å². The second kappa shape index (κ2) is 8.84. The largest absolute Gasteiger partial charge is 0.495 e. The van der Waals surface area contributed by atoms with Gasteiger partial charge >= 0.3 is 0 Å². The summed E-state index contributed by atoms with van der Waals surface area (Å²) in [5.41, 5.74) is 0.876. The molecule has 6 heteroatoms. The van der Waals surface area contributed by atoms with Gasteiger partial charge < -0.3 is 19.6 Å². The van der Waals surface area contributed by atoms with Crippen molar-refractivity contribution < 1.29 is 14.6 Å². The van der Waals surface area contributed by atoms with Crippen LogP contribution in [-0.4, -0.2) is 79.8 Å². The van der Waals surface area contributed by atoms with E-state index in [4.69, 9.17) is 9.84 Å². The lowest BCUT2D eigenvalue weighted by atomic mass is 10.0. The summed E-state index contributed by atoms with van der Waals surface area (Å²) in [5, 5.41) is 9.00. The van der Waals surface area contributed by atoms with Crippen LogP contribution in [0.4, 0.5) is 5.69 Å². The summed E-state index contributed by atoms with van der Waals surface area (Å²) in [4.78, 5) is 19.6. The van der Waals surface area contributed by atoms with Crippen molar-refractivity contribution in [3.8, 4) is 5.75 Å². The Balaban J connectivity index is 1.58. The molecule has 1 N–H and O–H groups in total. The first-order chi connectivity index (χ1) is 12.7. The number of rotatable bonds is 7. The molecule has 0 bridgehead atoms. The maximum atomic E-state index is 13.0. The number of ether oxygens (including phenoxy) is 1. The van der Waals surface area contributed by atoms with Gasteiger partial charge in [0.2, 0.25) is 5.91 Å². The van der Waals surface area contributed by atoms with Gasteiger partial charge in [0.1, 0.15) is 5.75 Å². The zero-order valence-corrected chi connectivity index (χ0v) is 15.9. The minimum atomic E-state index is -0.0105. The van der Waals surface area contributed by atoms with Crippen molar-refractivity contribution in [1.82, 2.24) is 9.80 Å². The first-order valence-electron chi connectivity index (χ1n) is 9.65. The summed E-state index contributed by atoms with van der Waals surface area (Å²) in [7, 11) is 3.79. The van der Waals surface area contributed by atoms with Crippen LogP contribution in [0.1, 0.15) is 25.7 Å². The highest BCUT2D eigenvalue weighted by molar-refractivity contribution is 6.00. The van der Waals surface area contributed by atoms with Gasteiger partial charge in [0.15, 0.2) is 0 Å². The molecule has 0 radical (unpaired) electrons. The van der Waals surface area contributed by atoms with Gasteiger partial charge in [0.25, 0.3) is 0 Å². The van der Waals surface area contributed by atoms with Crippen LogP contribution in [0.3, 0.4) is 0 Å². The molecule has 0 saturated carbocycles. The van der Waals surface area contributed by atoms with Crippen LogP contribution in [-0.2, 0) is 4.79 Å². The summed E-state index contributed by atoms with van der Waals surface area (Å²) >= 11 is 0. The van der Waals surface area contributed by atoms with Gasteiger partial charge in [-0.05, 0) is 44.9 Å². The molecule has 26 heavy (non-hydrogen) atoms. The number of piperidine rings is 1. The van der Waals surface area contributed by atoms with Crippen LogP contribution in [0.2, 0.25) is 0 Å². The van der Waals surface area contributed by atoms with Gasteiger partial charge in [-0.1, -0.05) is 12.1 Å². The van der Waals surface area contributed by atoms with Crippen LogP contribution >= 0.6 is 0 Å². The molecule has 144 valence electrons. The third kappa shape index (κ3) is 4.03. The van der Waals surface area contributed by atoms with Crippen molar-refractivity contribution in [2.45, 2.75) is 37.8 Å². The molecule has 0 aromatic heterocycles. The molecule has 2 heterocycles. The topological polar surface area (TPSA) is 56.3 Å². The molecule has 1 aromatic rings. The highest BCUT2D eigenvalue weighted by atomic mass is 16.5. The number of aliphatic hydroxyl groups excluding tert-OH is 1. The number of likely N-dealkylation sites (tertiary alicyclic amines) is 1. The smallest absolute Gasteiger partial charge is 0.244 e. The third-order valence-corrected chi connectivity index (χ3v) is 5.79. The fraction of sp³-hybridized carbons (Fsp3) is 0.650. The number of aliphatic hydroxyl groups is 1. The fourth-order valence-electron chi connectivity index (χ4n) is 4.24. The van der Waals surface area contributed by atoms with Crippen molar-refractivity contribution in [2.24, 2.45) is 0 Å². The summed E-state index contributed by atoms with van der Waals surface area (Å²) in [6.45, 7) is 3.86. The number of benzene rings is 1. The third-order valence-electron chi connectivity index (χ3n) is 5.79. The lowest BCUT2D eigenvalue weighted by molar-refractivity contribution is -0.122. The molecule has 3 rings (SSSR count). The number of methoxy groups -OCH3 is 1. The van der Waals surface area contributed by atoms with Crippen molar-refractivity contribution in [3.05, 3.63) is 24.3 Å². The van der Waals surface area contributed by atoms with Gasteiger partial charge in [0.05, 0.1) is 18.8 Å². The Morgan fingerprint density at radius 1 is 1.19 bits per heavy atom. The Morgan fingerprint density at radius 3 is 2.62 bits per heavy atom. The molecule has 2 aliphatic rings. The molecule has 2 aliphatic heterocycles. The molecule has 6 nitrogen and oxygen atoms in total. The summed E-state index contributed by atoms with van der Waals surface area (Å²) < 4.78 is 5.43. The number of carbonyl (C=O) groups is 1. The van der Waals surface area contributed by atoms with Crippen LogP contribution in [0.25, 0.3) is 0 Å². The van der Waals surface area contributed by atoms with Gasteiger partial charge in [0, 0.05) is 38.8 Å². The van der Waals surface area contributed by atoms with E-state index >= 15 is 0 Å². The zero-order valence-electron chi connectivity index (χ0n) is 15.9. The Kier molecular flexibility index (Phi) is 6.51. The monoisotopic (exact) mass is 361 g/mol. The average Bonchev–Trinajstić information content (AvgIpc) is 3.07. The van der Waals surface area contributed by atoms with Gasteiger partial charge in [-0.3, -0.25) is 9.69 Å². The average molecular weight is 361 g/mol. The second-order valence-corrected chi connectivity index (χ2v) is 7.29. The lowest BCUT2D eigenvalue weighted by Gasteiger charge is -2.38. The van der Waals surface area contributed by atoms with E-state index in [9.17, 15) is 4.79 Å². The Labute approximate surface area is 156 Å². The zero-order chi connectivity index (χ0) is 18.5. The molecule has 1 atom stereocenters. The summed E-state index contributed by atoms with van der Waals surface area (Å²) in [6, 6.07) is 8.29. The number of amides is 1. The minimum Gasteiger partial charge on any atom is -0.495 e. The molecule has 1 aromatic carbocycles. The maximum absolute atomic E-state index is 13.0. The van der Waals surface area contributed by atoms with Gasteiger partial charge in [-0.25, -0.2) is 0 Å². The van der Waals surface area contributed by atoms with E-state index in [0.29, 0.717) is 6.04 Å². The van der Waals surface area contributed by atoms with Crippen LogP contribution < -0.4 is 9.64 Å². The summed E-state index contributed by atoms with van der Waals surface area (Å²) in [6.07, 6.45) is 3.87. The van der Waals surface area contributed by atoms with Crippen molar-refractivity contribution in [1.29, 1.82) is 0 Å². The van der Waals surface area contributed by atoms with E-state index in [1.807, 2.05) is 29.2 Å². The SMILES string of the molecule is COc1ccccc1N1CCC(N2CCC(N(C)CCCO)CC2)C1=O. The minimum absolute atomic E-state index is 0.0105. The van der Waals surface area contributed by atoms with Crippen molar-refractivity contribution in [2.75, 3.05) is 51.8 Å². The number of hydrogen-bond donors (Lipinski definition) is 1. The maximum Gasteiger partial charge on any atom is 0.244 e. The number of nitrogens with zero attached hydrogens (tertiary/aromatic N) is 3. The van der Waals surface area contributed by atoms with E-state index in [-0.39, 0.29) is 18.6 Å². The molecular weight excluding hydrogens is 330 g/mol. The normalized spacial score (nSPS) is 22.4. The standard InChI is InChI=1S/C20H31N3O3/c1-21(11-5-15-24)16-8-12-22(13-9-16)18-10-14-23(20(18)25)17-6-3-4-7-19(17)26-2/h3-4,6-7,16,18,24H,5,8-15H2,1-2H3. The highest BCUT2D eigenvalue weighted by Crippen LogP contribution is 2.33. The lowest BCUT2D eigenvalue weighted by Crippen LogP contribution is -2.49. The Bertz CT molecular complexity index is 602. The first kappa shape index (κ1) is 19.1. The molecule has 1 unspecified atom stereocenters. The molecule has 0 spiro atoms. The van der Waals surface area contributed by atoms with E-state index in [2.05, 4.69) is 16.8 Å². The highest BCUT2D eigenvalue weighted by Gasteiger charge is 2.39. The fourth-order valence-corrected chi connectivity index (χ4v) is 4.24. The number of anilines is 1. The van der Waals surface area contributed by atoms with Gasteiger partial charge in [-0.15, -0.1) is 0 Å². The molecule has 2 fully saturated rings. The quantitative estimate of drug-likeness (QED) is 0.799. The van der Waals surface area contributed by atoms with Crippen LogP contribution in [0.5, 0.6) is 5.75 Å². The van der Waals surface area contributed by atoms with E-state index in [0.717, 1.165) is 63.3 Å². The number of para-hydroxylation sites is 2. The van der Waals surface area contributed by atoms with E-state index in [1.54, 1.807) is 7.11 Å². The van der Waals surface area contributed by atoms with E-state index < -0.39 is 0 Å². The van der Waals surface area contributed by atoms with Crippen LogP contribution in [0, 0.1) is 0 Å². The van der Waals surface area contributed by atoms with Crippen LogP contribution in [0.15, 0.2) is 24.3 Å². The Morgan fingerprint density at radius 2 is 1.92 bits per heavy atom. The second-order valence-electron chi connectivity index (χ2n) is 7.29.